The zero-order valence-electron chi connectivity index (χ0n) is 16.1. The Morgan fingerprint density at radius 1 is 1.29 bits per heavy atom. The summed E-state index contributed by atoms with van der Waals surface area (Å²) < 4.78 is 11.3. The Kier molecular flexibility index (Phi) is 5.63. The zero-order valence-corrected chi connectivity index (χ0v) is 16.1. The molecule has 24 heavy (non-hydrogen) atoms. The lowest BCUT2D eigenvalue weighted by Gasteiger charge is -2.63. The minimum absolute atomic E-state index is 0.0877. The van der Waals surface area contributed by atoms with E-state index in [9.17, 15) is 4.79 Å². The highest BCUT2D eigenvalue weighted by Crippen LogP contribution is 2.65. The van der Waals surface area contributed by atoms with E-state index in [4.69, 9.17) is 9.39 Å². The summed E-state index contributed by atoms with van der Waals surface area (Å²) in [5.74, 6) is 3.33. The van der Waals surface area contributed by atoms with Crippen LogP contribution in [0.25, 0.3) is 0 Å². The molecule has 136 valence electrons. The second kappa shape index (κ2) is 7.39. The maximum absolute atomic E-state index is 11.2. The molecule has 3 aliphatic carbocycles. The molecule has 4 fully saturated rings. The van der Waals surface area contributed by atoms with Crippen LogP contribution in [0.4, 0.5) is 0 Å². The lowest BCUT2D eigenvalue weighted by atomic mass is 9.34. The van der Waals surface area contributed by atoms with E-state index in [-0.39, 0.29) is 5.97 Å². The van der Waals surface area contributed by atoms with Gasteiger partial charge in [-0.1, -0.05) is 40.0 Å². The van der Waals surface area contributed by atoms with E-state index in [1.54, 1.807) is 0 Å². The molecule has 0 radical (unpaired) electrons. The third-order valence-electron chi connectivity index (χ3n) is 7.66. The Bertz CT molecular complexity index is 450. The largest absolute Gasteiger partial charge is 0.469 e. The van der Waals surface area contributed by atoms with Gasteiger partial charge in [-0.2, -0.15) is 0 Å². The molecular formula is C20H35BO3. The first-order chi connectivity index (χ1) is 11.4. The predicted octanol–water partition coefficient (Wildman–Crippen LogP) is 4.96. The molecule has 3 saturated carbocycles. The first-order valence-electron chi connectivity index (χ1n) is 10.2. The van der Waals surface area contributed by atoms with Gasteiger partial charge in [0.1, 0.15) is 0 Å². The van der Waals surface area contributed by atoms with Crippen LogP contribution in [0.5, 0.6) is 0 Å². The molecule has 3 nitrogen and oxygen atoms in total. The van der Waals surface area contributed by atoms with Gasteiger partial charge in [-0.3, -0.25) is 4.79 Å². The molecule has 0 N–H and O–H groups in total. The second-order valence-electron chi connectivity index (χ2n) is 9.17. The van der Waals surface area contributed by atoms with Crippen LogP contribution in [0, 0.1) is 23.2 Å². The SMILES string of the molecule is COC(=O)CCCC[C@@H]1CCCB([C@@H]2C[C@@H]3C[C@H]([C@H]2C)C3(C)C)O1. The highest BCUT2D eigenvalue weighted by Gasteiger charge is 2.58. The second-order valence-corrected chi connectivity index (χ2v) is 9.17. The number of rotatable bonds is 6. The molecule has 1 aliphatic heterocycles. The van der Waals surface area contributed by atoms with E-state index < -0.39 is 0 Å². The highest BCUT2D eigenvalue weighted by molar-refractivity contribution is 6.54. The van der Waals surface area contributed by atoms with Gasteiger partial charge in [0.25, 0.3) is 6.92 Å². The van der Waals surface area contributed by atoms with E-state index >= 15 is 0 Å². The minimum atomic E-state index is -0.0877. The lowest BCUT2D eigenvalue weighted by molar-refractivity contribution is -0.140. The van der Waals surface area contributed by atoms with Crippen LogP contribution in [0.15, 0.2) is 0 Å². The number of hydrogen-bond donors (Lipinski definition) is 0. The number of carbonyl (C=O) groups is 1. The number of carbonyl (C=O) groups excluding carboxylic acids is 1. The Balaban J connectivity index is 1.45. The predicted molar refractivity (Wildman–Crippen MR) is 98.1 cm³/mol. The number of methoxy groups -OCH3 is 1. The average molecular weight is 334 g/mol. The van der Waals surface area contributed by atoms with Crippen molar-refractivity contribution in [2.75, 3.05) is 7.11 Å². The quantitative estimate of drug-likeness (QED) is 0.391. The number of ether oxygens (including phenoxy) is 1. The monoisotopic (exact) mass is 334 g/mol. The molecular weight excluding hydrogens is 299 g/mol. The lowest BCUT2D eigenvalue weighted by Crippen LogP contribution is -2.56. The molecule has 0 amide bonds. The normalized spacial score (nSPS) is 37.7. The van der Waals surface area contributed by atoms with Crippen molar-refractivity contribution in [2.24, 2.45) is 23.2 Å². The van der Waals surface area contributed by atoms with Gasteiger partial charge < -0.3 is 9.39 Å². The van der Waals surface area contributed by atoms with Crippen LogP contribution in [0.3, 0.4) is 0 Å². The van der Waals surface area contributed by atoms with Crippen molar-refractivity contribution in [3.63, 3.8) is 0 Å². The molecule has 0 aromatic carbocycles. The Hall–Kier alpha value is -0.505. The molecule has 4 rings (SSSR count). The zero-order chi connectivity index (χ0) is 17.3. The maximum Gasteiger partial charge on any atom is 0.305 e. The molecule has 0 aromatic rings. The van der Waals surface area contributed by atoms with Gasteiger partial charge in [0.15, 0.2) is 0 Å². The van der Waals surface area contributed by atoms with Gasteiger partial charge in [0.05, 0.1) is 7.11 Å². The summed E-state index contributed by atoms with van der Waals surface area (Å²) in [6, 6.07) is 0. The third-order valence-corrected chi connectivity index (χ3v) is 7.66. The van der Waals surface area contributed by atoms with Crippen molar-refractivity contribution in [3.05, 3.63) is 0 Å². The van der Waals surface area contributed by atoms with Gasteiger partial charge in [0.2, 0.25) is 0 Å². The van der Waals surface area contributed by atoms with Crippen LogP contribution in [-0.4, -0.2) is 26.1 Å². The van der Waals surface area contributed by atoms with Crippen molar-refractivity contribution >= 4 is 12.9 Å². The van der Waals surface area contributed by atoms with E-state index in [2.05, 4.69) is 20.8 Å². The summed E-state index contributed by atoms with van der Waals surface area (Å²) in [5, 5.41) is 0. The molecule has 0 aromatic heterocycles. The smallest absolute Gasteiger partial charge is 0.305 e. The van der Waals surface area contributed by atoms with Gasteiger partial charge in [0, 0.05) is 12.5 Å². The fraction of sp³-hybridized carbons (Fsp3) is 0.950. The van der Waals surface area contributed by atoms with Crippen LogP contribution in [0.1, 0.15) is 72.1 Å². The van der Waals surface area contributed by atoms with Crippen molar-refractivity contribution in [3.8, 4) is 0 Å². The van der Waals surface area contributed by atoms with Crippen LogP contribution in [0.2, 0.25) is 12.1 Å². The molecule has 4 heteroatoms. The maximum atomic E-state index is 11.2. The molecule has 2 bridgehead atoms. The Labute approximate surface area is 148 Å². The number of unbranched alkanes of at least 4 members (excludes halogenated alkanes) is 1. The highest BCUT2D eigenvalue weighted by atomic mass is 16.5. The van der Waals surface area contributed by atoms with Crippen molar-refractivity contribution in [2.45, 2.75) is 90.4 Å². The molecule has 4 aliphatic rings. The molecule has 0 spiro atoms. The van der Waals surface area contributed by atoms with Crippen LogP contribution >= 0.6 is 0 Å². The first kappa shape index (κ1) is 18.3. The van der Waals surface area contributed by atoms with Gasteiger partial charge in [-0.25, -0.2) is 0 Å². The Morgan fingerprint density at radius 3 is 2.75 bits per heavy atom. The van der Waals surface area contributed by atoms with E-state index in [0.717, 1.165) is 42.8 Å². The summed E-state index contributed by atoms with van der Waals surface area (Å²) in [5.41, 5.74) is 0.567. The number of esters is 1. The Morgan fingerprint density at radius 2 is 2.08 bits per heavy atom. The fourth-order valence-corrected chi connectivity index (χ4v) is 5.88. The summed E-state index contributed by atoms with van der Waals surface area (Å²) in [4.78, 5) is 11.2. The topological polar surface area (TPSA) is 35.5 Å². The average Bonchev–Trinajstić information content (AvgIpc) is 2.58. The minimum Gasteiger partial charge on any atom is -0.469 e. The van der Waals surface area contributed by atoms with Crippen LogP contribution in [-0.2, 0) is 14.2 Å². The molecule has 1 heterocycles. The van der Waals surface area contributed by atoms with Crippen molar-refractivity contribution in [1.29, 1.82) is 0 Å². The summed E-state index contributed by atoms with van der Waals surface area (Å²) >= 11 is 0. The summed E-state index contributed by atoms with van der Waals surface area (Å²) in [7, 11) is 1.47. The fourth-order valence-electron chi connectivity index (χ4n) is 5.88. The number of fused-ring (bicyclic) bond motifs is 2. The number of hydrogen-bond acceptors (Lipinski definition) is 3. The van der Waals surface area contributed by atoms with E-state index in [1.165, 1.54) is 39.1 Å². The van der Waals surface area contributed by atoms with E-state index in [1.807, 2.05) is 0 Å². The van der Waals surface area contributed by atoms with Gasteiger partial charge in [-0.05, 0) is 61.0 Å². The molecule has 5 atom stereocenters. The summed E-state index contributed by atoms with van der Waals surface area (Å²) in [6.07, 6.45) is 10.7. The van der Waals surface area contributed by atoms with Gasteiger partial charge in [-0.15, -0.1) is 0 Å². The third kappa shape index (κ3) is 3.54. The van der Waals surface area contributed by atoms with E-state index in [0.29, 0.717) is 24.9 Å². The van der Waals surface area contributed by atoms with Crippen molar-refractivity contribution in [1.82, 2.24) is 0 Å². The van der Waals surface area contributed by atoms with Gasteiger partial charge >= 0.3 is 5.97 Å². The van der Waals surface area contributed by atoms with Crippen LogP contribution < -0.4 is 0 Å². The molecule has 0 unspecified atom stereocenters. The summed E-state index contributed by atoms with van der Waals surface area (Å²) in [6.45, 7) is 7.92. The molecule has 1 saturated heterocycles. The standard InChI is InChI=1S/C20H35BO3/c1-14-17-12-15(20(17,2)3)13-18(14)21-11-7-9-16(24-21)8-5-6-10-19(22)23-4/h14-18H,5-13H2,1-4H3/t14-,15+,16-,17-,18-/m1/s1. The first-order valence-corrected chi connectivity index (χ1v) is 10.2. The van der Waals surface area contributed by atoms with Crippen molar-refractivity contribution < 1.29 is 14.2 Å².